The van der Waals surface area contributed by atoms with Gasteiger partial charge in [-0.15, -0.1) is 0 Å². The minimum atomic E-state index is -0.398. The summed E-state index contributed by atoms with van der Waals surface area (Å²) in [6.07, 6.45) is 2.87. The first-order valence-electron chi connectivity index (χ1n) is 7.77. The molecule has 132 valence electrons. The Kier molecular flexibility index (Phi) is 6.85. The largest absolute Gasteiger partial charge is 0.462 e. The number of carbonyl (C=O) groups is 2. The highest BCUT2D eigenvalue weighted by Crippen LogP contribution is 2.12. The van der Waals surface area contributed by atoms with Crippen LogP contribution in [0.4, 0.5) is 11.6 Å². The van der Waals surface area contributed by atoms with Gasteiger partial charge in [0.1, 0.15) is 0 Å². The number of hydrogen-bond donors (Lipinski definition) is 2. The first-order valence-corrected chi connectivity index (χ1v) is 7.77. The summed E-state index contributed by atoms with van der Waals surface area (Å²) in [6.45, 7) is 3.17. The molecule has 2 aromatic rings. The first kappa shape index (κ1) is 18.3. The van der Waals surface area contributed by atoms with Crippen LogP contribution in [0.1, 0.15) is 27.6 Å². The van der Waals surface area contributed by atoms with Crippen LogP contribution in [0.25, 0.3) is 0 Å². The van der Waals surface area contributed by atoms with Crippen molar-refractivity contribution in [2.75, 3.05) is 37.5 Å². The summed E-state index contributed by atoms with van der Waals surface area (Å²) in [6, 6.07) is 6.44. The fraction of sp³-hybridized carbons (Fsp3) is 0.294. The van der Waals surface area contributed by atoms with Gasteiger partial charge in [0.2, 0.25) is 5.95 Å². The summed E-state index contributed by atoms with van der Waals surface area (Å²) < 4.78 is 9.83. The molecule has 0 aliphatic carbocycles. The highest BCUT2D eigenvalue weighted by Gasteiger charge is 2.09. The van der Waals surface area contributed by atoms with E-state index in [0.29, 0.717) is 42.5 Å². The molecule has 1 aromatic carbocycles. The molecule has 0 aliphatic rings. The molecular formula is C17H20N4O4. The van der Waals surface area contributed by atoms with Crippen LogP contribution in [0.15, 0.2) is 36.7 Å². The van der Waals surface area contributed by atoms with Crippen LogP contribution in [0, 0.1) is 0 Å². The third-order valence-electron chi connectivity index (χ3n) is 3.16. The molecule has 0 bridgehead atoms. The van der Waals surface area contributed by atoms with Gasteiger partial charge in [0.15, 0.2) is 0 Å². The Morgan fingerprint density at radius 1 is 1.08 bits per heavy atom. The quantitative estimate of drug-likeness (QED) is 0.557. The average Bonchev–Trinajstić information content (AvgIpc) is 2.63. The zero-order valence-electron chi connectivity index (χ0n) is 14.1. The van der Waals surface area contributed by atoms with Crippen molar-refractivity contribution < 1.29 is 19.1 Å². The number of aromatic nitrogens is 2. The van der Waals surface area contributed by atoms with E-state index >= 15 is 0 Å². The number of benzene rings is 1. The van der Waals surface area contributed by atoms with Crippen molar-refractivity contribution >= 4 is 23.5 Å². The predicted octanol–water partition coefficient (Wildman–Crippen LogP) is 1.96. The Morgan fingerprint density at radius 2 is 1.76 bits per heavy atom. The zero-order chi connectivity index (χ0) is 18.1. The molecule has 1 heterocycles. The predicted molar refractivity (Wildman–Crippen MR) is 92.7 cm³/mol. The molecule has 0 fully saturated rings. The van der Waals surface area contributed by atoms with Crippen molar-refractivity contribution in [3.8, 4) is 0 Å². The SMILES string of the molecule is CCOC(=O)c1ccc(NC(=O)c2cnc(NCCOC)nc2)cc1. The van der Waals surface area contributed by atoms with E-state index < -0.39 is 5.97 Å². The van der Waals surface area contributed by atoms with E-state index in [-0.39, 0.29) is 5.91 Å². The fourth-order valence-electron chi connectivity index (χ4n) is 1.91. The maximum Gasteiger partial charge on any atom is 0.338 e. The standard InChI is InChI=1S/C17H20N4O4/c1-3-25-16(23)12-4-6-14(7-5-12)21-15(22)13-10-19-17(20-11-13)18-8-9-24-2/h4-7,10-11H,3,8-9H2,1-2H3,(H,21,22)(H,18,19,20). The van der Waals surface area contributed by atoms with Crippen molar-refractivity contribution in [1.29, 1.82) is 0 Å². The average molecular weight is 344 g/mol. The van der Waals surface area contributed by atoms with Crippen molar-refractivity contribution in [2.45, 2.75) is 6.92 Å². The van der Waals surface area contributed by atoms with Crippen LogP contribution in [-0.2, 0) is 9.47 Å². The van der Waals surface area contributed by atoms with E-state index in [2.05, 4.69) is 20.6 Å². The number of methoxy groups -OCH3 is 1. The second-order valence-corrected chi connectivity index (χ2v) is 4.97. The highest BCUT2D eigenvalue weighted by molar-refractivity contribution is 6.04. The molecule has 8 heteroatoms. The molecule has 2 N–H and O–H groups in total. The second-order valence-electron chi connectivity index (χ2n) is 4.97. The van der Waals surface area contributed by atoms with Gasteiger partial charge in [-0.05, 0) is 31.2 Å². The van der Waals surface area contributed by atoms with Crippen LogP contribution in [0.5, 0.6) is 0 Å². The van der Waals surface area contributed by atoms with Gasteiger partial charge in [-0.3, -0.25) is 4.79 Å². The number of carbonyl (C=O) groups excluding carboxylic acids is 2. The lowest BCUT2D eigenvalue weighted by molar-refractivity contribution is 0.0526. The number of anilines is 2. The van der Waals surface area contributed by atoms with Gasteiger partial charge >= 0.3 is 5.97 Å². The van der Waals surface area contributed by atoms with Gasteiger partial charge in [0.25, 0.3) is 5.91 Å². The highest BCUT2D eigenvalue weighted by atomic mass is 16.5. The van der Waals surface area contributed by atoms with Crippen LogP contribution in [-0.4, -0.2) is 48.7 Å². The minimum Gasteiger partial charge on any atom is -0.462 e. The Morgan fingerprint density at radius 3 is 2.36 bits per heavy atom. The molecule has 0 atom stereocenters. The van der Waals surface area contributed by atoms with Crippen LogP contribution in [0.3, 0.4) is 0 Å². The lowest BCUT2D eigenvalue weighted by atomic mass is 10.2. The topological polar surface area (TPSA) is 102 Å². The van der Waals surface area contributed by atoms with Gasteiger partial charge < -0.3 is 20.1 Å². The van der Waals surface area contributed by atoms with E-state index in [1.807, 2.05) is 0 Å². The lowest BCUT2D eigenvalue weighted by Crippen LogP contribution is -2.14. The summed E-state index contributed by atoms with van der Waals surface area (Å²) in [5.74, 6) is -0.315. The number of nitrogens with one attached hydrogen (secondary N) is 2. The molecule has 0 saturated carbocycles. The molecule has 2 rings (SSSR count). The van der Waals surface area contributed by atoms with E-state index in [0.717, 1.165) is 0 Å². The zero-order valence-corrected chi connectivity index (χ0v) is 14.1. The molecule has 25 heavy (non-hydrogen) atoms. The van der Waals surface area contributed by atoms with Crippen LogP contribution < -0.4 is 10.6 Å². The second kappa shape index (κ2) is 9.33. The Hall–Kier alpha value is -3.00. The molecular weight excluding hydrogens is 324 g/mol. The monoisotopic (exact) mass is 344 g/mol. The number of ether oxygens (including phenoxy) is 2. The molecule has 1 amide bonds. The van der Waals surface area contributed by atoms with E-state index in [9.17, 15) is 9.59 Å². The summed E-state index contributed by atoms with van der Waals surface area (Å²) in [7, 11) is 1.61. The molecule has 0 saturated heterocycles. The Balaban J connectivity index is 1.93. The Bertz CT molecular complexity index is 702. The van der Waals surface area contributed by atoms with Crippen molar-refractivity contribution in [1.82, 2.24) is 9.97 Å². The third-order valence-corrected chi connectivity index (χ3v) is 3.16. The number of nitrogens with zero attached hydrogens (tertiary/aromatic N) is 2. The summed E-state index contributed by atoms with van der Waals surface area (Å²) in [5.41, 5.74) is 1.31. The van der Waals surface area contributed by atoms with Gasteiger partial charge in [0.05, 0.1) is 24.3 Å². The summed E-state index contributed by atoms with van der Waals surface area (Å²) in [4.78, 5) is 31.9. The number of rotatable bonds is 8. The van der Waals surface area contributed by atoms with Crippen molar-refractivity contribution in [3.63, 3.8) is 0 Å². The van der Waals surface area contributed by atoms with Gasteiger partial charge in [0, 0.05) is 31.7 Å². The van der Waals surface area contributed by atoms with Crippen LogP contribution in [0.2, 0.25) is 0 Å². The van der Waals surface area contributed by atoms with Crippen LogP contribution >= 0.6 is 0 Å². The smallest absolute Gasteiger partial charge is 0.338 e. The van der Waals surface area contributed by atoms with Gasteiger partial charge in [-0.2, -0.15) is 0 Å². The lowest BCUT2D eigenvalue weighted by Gasteiger charge is -2.07. The molecule has 1 aromatic heterocycles. The van der Waals surface area contributed by atoms with E-state index in [1.54, 1.807) is 38.3 Å². The fourth-order valence-corrected chi connectivity index (χ4v) is 1.91. The molecule has 0 spiro atoms. The maximum absolute atomic E-state index is 12.2. The molecule has 0 unspecified atom stereocenters. The normalized spacial score (nSPS) is 10.2. The molecule has 8 nitrogen and oxygen atoms in total. The first-order chi connectivity index (χ1) is 12.1. The maximum atomic E-state index is 12.2. The Labute approximate surface area is 145 Å². The number of esters is 1. The van der Waals surface area contributed by atoms with E-state index in [1.165, 1.54) is 12.4 Å². The number of amides is 1. The summed E-state index contributed by atoms with van der Waals surface area (Å²) in [5, 5.41) is 5.68. The van der Waals surface area contributed by atoms with E-state index in [4.69, 9.17) is 9.47 Å². The summed E-state index contributed by atoms with van der Waals surface area (Å²) >= 11 is 0. The number of hydrogen-bond acceptors (Lipinski definition) is 7. The molecule has 0 aliphatic heterocycles. The van der Waals surface area contributed by atoms with Gasteiger partial charge in [-0.25, -0.2) is 14.8 Å². The minimum absolute atomic E-state index is 0.313. The third kappa shape index (κ3) is 5.54. The molecule has 0 radical (unpaired) electrons. The van der Waals surface area contributed by atoms with Crippen molar-refractivity contribution in [2.24, 2.45) is 0 Å². The van der Waals surface area contributed by atoms with Crippen molar-refractivity contribution in [3.05, 3.63) is 47.8 Å². The van der Waals surface area contributed by atoms with Gasteiger partial charge in [-0.1, -0.05) is 0 Å².